The van der Waals surface area contributed by atoms with Crippen molar-refractivity contribution in [3.05, 3.63) is 0 Å². The molecule has 0 amide bonds. The molecule has 1 aliphatic heterocycles. The van der Waals surface area contributed by atoms with Gasteiger partial charge in [0.05, 0.1) is 0 Å². The molecule has 0 aromatic heterocycles. The molecular weight excluding hydrogens is 118 g/mol. The van der Waals surface area contributed by atoms with Crippen LogP contribution in [0.15, 0.2) is 0 Å². The van der Waals surface area contributed by atoms with Gasteiger partial charge < -0.3 is 15.2 Å². The van der Waals surface area contributed by atoms with Gasteiger partial charge in [0, 0.05) is 19.6 Å². The fourth-order valence-electron chi connectivity index (χ4n) is 1.11. The summed E-state index contributed by atoms with van der Waals surface area (Å²) in [6.45, 7) is 1.89. The highest BCUT2D eigenvalue weighted by Crippen LogP contribution is 2.12. The third-order valence-electron chi connectivity index (χ3n) is 1.74. The molecule has 2 N–H and O–H groups in total. The van der Waals surface area contributed by atoms with Crippen molar-refractivity contribution in [3.63, 3.8) is 0 Å². The molecular formula is C6H13NO2. The molecule has 0 radical (unpaired) electrons. The van der Waals surface area contributed by atoms with Gasteiger partial charge in [-0.3, -0.25) is 0 Å². The number of methoxy groups -OCH3 is 1. The van der Waals surface area contributed by atoms with Crippen molar-refractivity contribution in [1.29, 1.82) is 0 Å². The summed E-state index contributed by atoms with van der Waals surface area (Å²) < 4.78 is 4.75. The molecule has 2 atom stereocenters. The Bertz CT molecular complexity index is 81.1. The second-order valence-corrected chi connectivity index (χ2v) is 2.38. The molecule has 0 spiro atoms. The molecule has 54 valence electrons. The minimum Gasteiger partial charge on any atom is -0.368 e. The Morgan fingerprint density at radius 1 is 1.78 bits per heavy atom. The van der Waals surface area contributed by atoms with Crippen LogP contribution in [0, 0.1) is 5.92 Å². The van der Waals surface area contributed by atoms with Crippen LogP contribution in [0.5, 0.6) is 0 Å². The zero-order valence-corrected chi connectivity index (χ0v) is 5.63. The van der Waals surface area contributed by atoms with Gasteiger partial charge >= 0.3 is 0 Å². The van der Waals surface area contributed by atoms with Crippen molar-refractivity contribution < 1.29 is 9.84 Å². The minimum absolute atomic E-state index is 0.301. The predicted octanol–water partition coefficient (Wildman–Crippen LogP) is -0.439. The highest BCUT2D eigenvalue weighted by Gasteiger charge is 2.21. The lowest BCUT2D eigenvalue weighted by Gasteiger charge is -2.13. The summed E-state index contributed by atoms with van der Waals surface area (Å²) in [5.41, 5.74) is 0. The number of hydrogen-bond donors (Lipinski definition) is 2. The van der Waals surface area contributed by atoms with Gasteiger partial charge in [-0.1, -0.05) is 0 Å². The van der Waals surface area contributed by atoms with Crippen LogP contribution in [0.25, 0.3) is 0 Å². The molecule has 1 fully saturated rings. The molecule has 0 aromatic rings. The normalized spacial score (nSPS) is 30.7. The number of rotatable bonds is 2. The van der Waals surface area contributed by atoms with Crippen molar-refractivity contribution in [3.8, 4) is 0 Å². The van der Waals surface area contributed by atoms with E-state index in [0.29, 0.717) is 5.92 Å². The first-order valence-electron chi connectivity index (χ1n) is 3.26. The topological polar surface area (TPSA) is 41.5 Å². The van der Waals surface area contributed by atoms with Gasteiger partial charge in [-0.05, 0) is 13.0 Å². The standard InChI is InChI=1S/C6H13NO2/c1-9-6(8)5-2-3-7-4-5/h5-8H,2-4H2,1H3/t5?,6-/m1/s1. The predicted molar refractivity (Wildman–Crippen MR) is 34.0 cm³/mol. The minimum atomic E-state index is -0.569. The van der Waals surface area contributed by atoms with Crippen molar-refractivity contribution in [2.45, 2.75) is 12.7 Å². The summed E-state index contributed by atoms with van der Waals surface area (Å²) in [4.78, 5) is 0. The first-order valence-corrected chi connectivity index (χ1v) is 3.26. The van der Waals surface area contributed by atoms with Crippen molar-refractivity contribution in [2.75, 3.05) is 20.2 Å². The summed E-state index contributed by atoms with van der Waals surface area (Å²) in [6.07, 6.45) is 0.453. The van der Waals surface area contributed by atoms with Crippen molar-refractivity contribution in [1.82, 2.24) is 5.32 Å². The molecule has 1 heterocycles. The first-order chi connectivity index (χ1) is 4.34. The quantitative estimate of drug-likeness (QED) is 0.499. The van der Waals surface area contributed by atoms with E-state index in [1.807, 2.05) is 0 Å². The van der Waals surface area contributed by atoms with E-state index in [1.54, 1.807) is 0 Å². The van der Waals surface area contributed by atoms with Gasteiger partial charge in [-0.25, -0.2) is 0 Å². The Morgan fingerprint density at radius 2 is 2.56 bits per heavy atom. The molecule has 3 nitrogen and oxygen atoms in total. The second-order valence-electron chi connectivity index (χ2n) is 2.38. The average Bonchev–Trinajstić information content (AvgIpc) is 2.37. The number of aliphatic hydroxyl groups is 1. The lowest BCUT2D eigenvalue weighted by atomic mass is 10.1. The molecule has 3 heteroatoms. The maximum Gasteiger partial charge on any atom is 0.158 e. The van der Waals surface area contributed by atoms with Crippen molar-refractivity contribution >= 4 is 0 Å². The molecule has 0 bridgehead atoms. The van der Waals surface area contributed by atoms with Crippen LogP contribution in [0.2, 0.25) is 0 Å². The third kappa shape index (κ3) is 1.64. The van der Waals surface area contributed by atoms with Crippen LogP contribution in [0.3, 0.4) is 0 Å². The van der Waals surface area contributed by atoms with Gasteiger partial charge in [0.25, 0.3) is 0 Å². The highest BCUT2D eigenvalue weighted by molar-refractivity contribution is 4.72. The van der Waals surface area contributed by atoms with Gasteiger partial charge in [-0.2, -0.15) is 0 Å². The largest absolute Gasteiger partial charge is 0.368 e. The number of nitrogens with one attached hydrogen (secondary N) is 1. The smallest absolute Gasteiger partial charge is 0.158 e. The summed E-state index contributed by atoms with van der Waals surface area (Å²) in [5.74, 6) is 0.301. The van der Waals surface area contributed by atoms with E-state index < -0.39 is 6.29 Å². The molecule has 0 saturated carbocycles. The van der Waals surface area contributed by atoms with Crippen LogP contribution in [-0.4, -0.2) is 31.6 Å². The SMILES string of the molecule is CO[C@@H](O)C1CCNC1. The lowest BCUT2D eigenvalue weighted by Crippen LogP contribution is -2.24. The zero-order valence-electron chi connectivity index (χ0n) is 5.63. The average molecular weight is 131 g/mol. The van der Waals surface area contributed by atoms with Gasteiger partial charge in [-0.15, -0.1) is 0 Å². The molecule has 0 aliphatic carbocycles. The summed E-state index contributed by atoms with van der Waals surface area (Å²) >= 11 is 0. The highest BCUT2D eigenvalue weighted by atomic mass is 16.6. The van der Waals surface area contributed by atoms with E-state index >= 15 is 0 Å². The van der Waals surface area contributed by atoms with E-state index in [-0.39, 0.29) is 0 Å². The zero-order chi connectivity index (χ0) is 6.69. The summed E-state index contributed by atoms with van der Waals surface area (Å²) in [7, 11) is 1.53. The maximum absolute atomic E-state index is 9.10. The molecule has 0 aromatic carbocycles. The van der Waals surface area contributed by atoms with E-state index in [0.717, 1.165) is 19.5 Å². The van der Waals surface area contributed by atoms with Gasteiger partial charge in [0.2, 0.25) is 0 Å². The Hall–Kier alpha value is -0.120. The fourth-order valence-corrected chi connectivity index (χ4v) is 1.11. The number of ether oxygens (including phenoxy) is 1. The van der Waals surface area contributed by atoms with E-state index in [4.69, 9.17) is 9.84 Å². The van der Waals surface area contributed by atoms with Gasteiger partial charge in [0.1, 0.15) is 0 Å². The van der Waals surface area contributed by atoms with Crippen LogP contribution in [0.4, 0.5) is 0 Å². The maximum atomic E-state index is 9.10. The molecule has 1 aliphatic rings. The number of aliphatic hydroxyl groups excluding tert-OH is 1. The lowest BCUT2D eigenvalue weighted by molar-refractivity contribution is -0.107. The van der Waals surface area contributed by atoms with Crippen LogP contribution in [-0.2, 0) is 4.74 Å². The van der Waals surface area contributed by atoms with Crippen LogP contribution in [0.1, 0.15) is 6.42 Å². The molecule has 9 heavy (non-hydrogen) atoms. The van der Waals surface area contributed by atoms with E-state index in [2.05, 4.69) is 5.32 Å². The van der Waals surface area contributed by atoms with Crippen LogP contribution < -0.4 is 5.32 Å². The molecule has 1 unspecified atom stereocenters. The summed E-state index contributed by atoms with van der Waals surface area (Å²) in [6, 6.07) is 0. The summed E-state index contributed by atoms with van der Waals surface area (Å²) in [5, 5.41) is 12.2. The third-order valence-corrected chi connectivity index (χ3v) is 1.74. The molecule has 1 saturated heterocycles. The van der Waals surface area contributed by atoms with E-state index in [1.165, 1.54) is 7.11 Å². The van der Waals surface area contributed by atoms with Gasteiger partial charge in [0.15, 0.2) is 6.29 Å². The fraction of sp³-hybridized carbons (Fsp3) is 1.00. The Morgan fingerprint density at radius 3 is 3.00 bits per heavy atom. The number of hydrogen-bond acceptors (Lipinski definition) is 3. The Kier molecular flexibility index (Phi) is 2.45. The van der Waals surface area contributed by atoms with Crippen LogP contribution >= 0.6 is 0 Å². The monoisotopic (exact) mass is 131 g/mol. The Labute approximate surface area is 55.0 Å². The van der Waals surface area contributed by atoms with Crippen molar-refractivity contribution in [2.24, 2.45) is 5.92 Å². The second kappa shape index (κ2) is 3.15. The first kappa shape index (κ1) is 6.99. The van der Waals surface area contributed by atoms with E-state index in [9.17, 15) is 0 Å². The Balaban J connectivity index is 2.24. The molecule has 1 rings (SSSR count).